The van der Waals surface area contributed by atoms with Crippen molar-refractivity contribution in [3.63, 3.8) is 0 Å². The fourth-order valence-corrected chi connectivity index (χ4v) is 3.04. The van der Waals surface area contributed by atoms with E-state index in [9.17, 15) is 4.79 Å². The van der Waals surface area contributed by atoms with Crippen molar-refractivity contribution in [2.75, 3.05) is 17.6 Å². The van der Waals surface area contributed by atoms with E-state index in [1.54, 1.807) is 35.3 Å². The van der Waals surface area contributed by atoms with Crippen molar-refractivity contribution in [2.24, 2.45) is 5.73 Å². The van der Waals surface area contributed by atoms with Gasteiger partial charge in [-0.2, -0.15) is 0 Å². The number of carbonyl (C=O) groups excluding carboxylic acids is 1. The Morgan fingerprint density at radius 1 is 1.30 bits per heavy atom. The Bertz CT molecular complexity index is 882. The lowest BCUT2D eigenvalue weighted by Gasteiger charge is -2.10. The number of nitrogen functional groups attached to an aromatic ring is 1. The first-order valence-electron chi connectivity index (χ1n) is 6.48. The third-order valence-electron chi connectivity index (χ3n) is 2.91. The van der Waals surface area contributed by atoms with Gasteiger partial charge in [-0.25, -0.2) is 15.0 Å². The number of anilines is 2. The smallest absolute Gasteiger partial charge is 0.236 e. The average Bonchev–Trinajstić information content (AvgIpc) is 3.01. The van der Waals surface area contributed by atoms with Gasteiger partial charge in [0.25, 0.3) is 0 Å². The van der Waals surface area contributed by atoms with Crippen molar-refractivity contribution in [1.82, 2.24) is 19.4 Å². The summed E-state index contributed by atoms with van der Waals surface area (Å²) in [6.45, 7) is -0.0144. The fourth-order valence-electron chi connectivity index (χ4n) is 1.90. The average molecular weight is 350 g/mol. The zero-order chi connectivity index (χ0) is 16.4. The molecule has 3 heterocycles. The van der Waals surface area contributed by atoms with Crippen LogP contribution in [-0.4, -0.2) is 31.8 Å². The molecule has 1 amide bonds. The number of hydrogen-bond acceptors (Lipinski definition) is 7. The molecular formula is C13H12ClN7OS. The molecule has 0 unspecified atom stereocenters. The molecule has 3 aromatic rings. The lowest BCUT2D eigenvalue weighted by atomic mass is 10.5. The Balaban J connectivity index is 1.96. The zero-order valence-corrected chi connectivity index (χ0v) is 13.3. The largest absolute Gasteiger partial charge is 0.382 e. The minimum Gasteiger partial charge on any atom is -0.382 e. The second kappa shape index (κ2) is 6.31. The van der Waals surface area contributed by atoms with E-state index in [1.807, 2.05) is 0 Å². The number of primary amides is 1. The van der Waals surface area contributed by atoms with Crippen LogP contribution in [-0.2, 0) is 4.79 Å². The summed E-state index contributed by atoms with van der Waals surface area (Å²) in [5.74, 6) is 0.266. The van der Waals surface area contributed by atoms with E-state index in [4.69, 9.17) is 23.1 Å². The number of hydrogen-bond donors (Lipinski definition) is 3. The van der Waals surface area contributed by atoms with Crippen molar-refractivity contribution in [3.8, 4) is 0 Å². The van der Waals surface area contributed by atoms with Gasteiger partial charge in [0.2, 0.25) is 11.9 Å². The van der Waals surface area contributed by atoms with Gasteiger partial charge in [-0.15, -0.1) is 0 Å². The van der Waals surface area contributed by atoms with Gasteiger partial charge < -0.3 is 16.8 Å². The van der Waals surface area contributed by atoms with Crippen molar-refractivity contribution in [2.45, 2.75) is 9.79 Å². The molecule has 0 saturated heterocycles. The number of fused-ring (bicyclic) bond motifs is 1. The number of rotatable bonds is 5. The van der Waals surface area contributed by atoms with Crippen LogP contribution >= 0.6 is 23.4 Å². The Morgan fingerprint density at radius 2 is 2.13 bits per heavy atom. The molecule has 8 nitrogen and oxygen atoms in total. The van der Waals surface area contributed by atoms with Crippen molar-refractivity contribution < 1.29 is 4.79 Å². The number of aromatic nitrogens is 4. The molecule has 118 valence electrons. The van der Waals surface area contributed by atoms with Gasteiger partial charge in [-0.3, -0.25) is 9.20 Å². The molecule has 0 radical (unpaired) electrons. The number of amides is 1. The van der Waals surface area contributed by atoms with Crippen LogP contribution in [0.25, 0.3) is 5.65 Å². The SMILES string of the molecule is NC(=O)CNc1ncc(Sc2ccnc(N)c2Cl)c2nccn12. The molecule has 0 aliphatic heterocycles. The van der Waals surface area contributed by atoms with E-state index in [-0.39, 0.29) is 12.4 Å². The third kappa shape index (κ3) is 3.15. The molecule has 5 N–H and O–H groups in total. The number of nitrogens with one attached hydrogen (secondary N) is 1. The predicted octanol–water partition coefficient (Wildman–Crippen LogP) is 1.41. The van der Waals surface area contributed by atoms with Gasteiger partial charge in [0.1, 0.15) is 5.82 Å². The van der Waals surface area contributed by atoms with E-state index in [0.29, 0.717) is 16.6 Å². The highest BCUT2D eigenvalue weighted by Gasteiger charge is 2.13. The maximum absolute atomic E-state index is 10.9. The maximum Gasteiger partial charge on any atom is 0.236 e. The summed E-state index contributed by atoms with van der Waals surface area (Å²) in [6.07, 6.45) is 6.60. The first kappa shape index (κ1) is 15.4. The Morgan fingerprint density at radius 3 is 2.91 bits per heavy atom. The molecule has 0 aliphatic rings. The zero-order valence-electron chi connectivity index (χ0n) is 11.7. The topological polar surface area (TPSA) is 124 Å². The molecule has 0 atom stereocenters. The fraction of sp³-hybridized carbons (Fsp3) is 0.0769. The van der Waals surface area contributed by atoms with E-state index in [0.717, 1.165) is 9.79 Å². The molecule has 0 spiro atoms. The second-order valence-electron chi connectivity index (χ2n) is 4.50. The van der Waals surface area contributed by atoms with Crippen LogP contribution in [0.2, 0.25) is 5.02 Å². The molecule has 3 rings (SSSR count). The van der Waals surface area contributed by atoms with Gasteiger partial charge in [-0.05, 0) is 6.07 Å². The van der Waals surface area contributed by atoms with Crippen LogP contribution in [0.4, 0.5) is 11.8 Å². The number of imidazole rings is 1. The maximum atomic E-state index is 10.9. The van der Waals surface area contributed by atoms with E-state index in [1.165, 1.54) is 11.8 Å². The van der Waals surface area contributed by atoms with Crippen LogP contribution in [0.5, 0.6) is 0 Å². The standard InChI is InChI=1S/C13H12ClN7OS/c14-10-7(1-2-17-11(10)16)23-8-5-19-13(20-6-9(15)22)21-4-3-18-12(8)21/h1-5H,6H2,(H2,15,22)(H2,16,17)(H,19,20). The summed E-state index contributed by atoms with van der Waals surface area (Å²) >= 11 is 7.54. The number of pyridine rings is 1. The molecule has 23 heavy (non-hydrogen) atoms. The minimum atomic E-state index is -0.474. The Labute approximate surface area is 140 Å². The molecule has 10 heteroatoms. The quantitative estimate of drug-likeness (QED) is 0.636. The molecule has 0 aromatic carbocycles. The summed E-state index contributed by atoms with van der Waals surface area (Å²) < 4.78 is 1.73. The highest BCUT2D eigenvalue weighted by atomic mass is 35.5. The third-order valence-corrected chi connectivity index (χ3v) is 4.49. The normalized spacial score (nSPS) is 10.8. The lowest BCUT2D eigenvalue weighted by Crippen LogP contribution is -2.23. The Kier molecular flexibility index (Phi) is 4.22. The number of nitrogens with zero attached hydrogens (tertiary/aromatic N) is 4. The minimum absolute atomic E-state index is 0.0144. The summed E-state index contributed by atoms with van der Waals surface area (Å²) in [4.78, 5) is 25.0. The summed E-state index contributed by atoms with van der Waals surface area (Å²) in [5.41, 5.74) is 11.5. The lowest BCUT2D eigenvalue weighted by molar-refractivity contribution is -0.116. The van der Waals surface area contributed by atoms with Gasteiger partial charge in [0.05, 0.1) is 16.5 Å². The van der Waals surface area contributed by atoms with Crippen molar-refractivity contribution >= 4 is 46.7 Å². The molecular weight excluding hydrogens is 338 g/mol. The molecule has 0 bridgehead atoms. The monoisotopic (exact) mass is 349 g/mol. The van der Waals surface area contributed by atoms with E-state index >= 15 is 0 Å². The molecule has 0 aliphatic carbocycles. The summed E-state index contributed by atoms with van der Waals surface area (Å²) in [6, 6.07) is 1.77. The van der Waals surface area contributed by atoms with Gasteiger partial charge >= 0.3 is 0 Å². The van der Waals surface area contributed by atoms with Gasteiger partial charge in [0, 0.05) is 29.7 Å². The first-order chi connectivity index (χ1) is 11.1. The summed E-state index contributed by atoms with van der Waals surface area (Å²) in [5, 5.41) is 3.24. The van der Waals surface area contributed by atoms with E-state index < -0.39 is 5.91 Å². The van der Waals surface area contributed by atoms with E-state index in [2.05, 4.69) is 20.3 Å². The highest BCUT2D eigenvalue weighted by molar-refractivity contribution is 7.99. The van der Waals surface area contributed by atoms with Gasteiger partial charge in [-0.1, -0.05) is 23.4 Å². The van der Waals surface area contributed by atoms with Crippen molar-refractivity contribution in [3.05, 3.63) is 35.9 Å². The van der Waals surface area contributed by atoms with Crippen molar-refractivity contribution in [1.29, 1.82) is 0 Å². The highest BCUT2D eigenvalue weighted by Crippen LogP contribution is 2.36. The van der Waals surface area contributed by atoms with Crippen LogP contribution in [0.1, 0.15) is 0 Å². The second-order valence-corrected chi connectivity index (χ2v) is 5.96. The molecule has 0 saturated carbocycles. The molecule has 0 fully saturated rings. The van der Waals surface area contributed by atoms with Crippen LogP contribution < -0.4 is 16.8 Å². The summed E-state index contributed by atoms with van der Waals surface area (Å²) in [7, 11) is 0. The van der Waals surface area contributed by atoms with Gasteiger partial charge in [0.15, 0.2) is 5.65 Å². The first-order valence-corrected chi connectivity index (χ1v) is 7.68. The van der Waals surface area contributed by atoms with Crippen LogP contribution in [0.3, 0.4) is 0 Å². The number of carbonyl (C=O) groups is 1. The number of halogens is 1. The molecule has 3 aromatic heterocycles. The van der Waals surface area contributed by atoms with Crippen LogP contribution in [0.15, 0.2) is 40.6 Å². The predicted molar refractivity (Wildman–Crippen MR) is 88.5 cm³/mol. The number of nitrogens with two attached hydrogens (primary N) is 2. The van der Waals surface area contributed by atoms with Crippen LogP contribution in [0, 0.1) is 0 Å². The Hall–Kier alpha value is -2.52.